The Bertz CT molecular complexity index is 1070. The van der Waals surface area contributed by atoms with Gasteiger partial charge in [0.1, 0.15) is 17.6 Å². The zero-order valence-corrected chi connectivity index (χ0v) is 16.0. The van der Waals surface area contributed by atoms with Crippen LogP contribution in [0, 0.1) is 18.3 Å². The molecule has 0 spiro atoms. The number of allylic oxidation sites excluding steroid dienone is 1. The Labute approximate surface area is 164 Å². The van der Waals surface area contributed by atoms with Crippen molar-refractivity contribution in [3.05, 3.63) is 53.3 Å². The summed E-state index contributed by atoms with van der Waals surface area (Å²) in [7, 11) is 1.63. The summed E-state index contributed by atoms with van der Waals surface area (Å²) < 4.78 is 10.7. The van der Waals surface area contributed by atoms with Gasteiger partial charge in [0, 0.05) is 24.8 Å². The average Bonchev–Trinajstić information content (AvgIpc) is 3.15. The van der Waals surface area contributed by atoms with Gasteiger partial charge in [0.2, 0.25) is 0 Å². The lowest BCUT2D eigenvalue weighted by molar-refractivity contribution is 0.122. The lowest BCUT2D eigenvalue weighted by Crippen LogP contribution is -2.36. The van der Waals surface area contributed by atoms with E-state index in [1.54, 1.807) is 7.11 Å². The van der Waals surface area contributed by atoms with Gasteiger partial charge in [0.05, 0.1) is 36.9 Å². The van der Waals surface area contributed by atoms with Crippen molar-refractivity contribution in [2.45, 2.75) is 6.92 Å². The predicted octanol–water partition coefficient (Wildman–Crippen LogP) is 3.78. The lowest BCUT2D eigenvalue weighted by Gasteiger charge is -2.30. The number of hydrogen-bond acceptors (Lipinski definition) is 5. The van der Waals surface area contributed by atoms with Crippen molar-refractivity contribution in [2.75, 3.05) is 38.3 Å². The third-order valence-electron chi connectivity index (χ3n) is 4.95. The molecule has 0 atom stereocenters. The van der Waals surface area contributed by atoms with E-state index in [0.29, 0.717) is 11.4 Å². The molecular formula is C22H22N4O2. The first-order chi connectivity index (χ1) is 13.7. The number of hydrogen-bond donors (Lipinski definition) is 1. The molecule has 0 unspecified atom stereocenters. The van der Waals surface area contributed by atoms with Gasteiger partial charge in [-0.15, -0.1) is 0 Å². The summed E-state index contributed by atoms with van der Waals surface area (Å²) in [6, 6.07) is 14.1. The van der Waals surface area contributed by atoms with Gasteiger partial charge in [-0.25, -0.2) is 4.98 Å². The van der Waals surface area contributed by atoms with Crippen LogP contribution in [0.4, 0.5) is 5.69 Å². The Hall–Kier alpha value is -3.30. The number of nitrogens with zero attached hydrogens (tertiary/aromatic N) is 3. The second-order valence-electron chi connectivity index (χ2n) is 6.78. The highest BCUT2D eigenvalue weighted by Crippen LogP contribution is 2.26. The van der Waals surface area contributed by atoms with E-state index in [1.807, 2.05) is 30.3 Å². The first-order valence-electron chi connectivity index (χ1n) is 9.27. The van der Waals surface area contributed by atoms with E-state index in [0.717, 1.165) is 48.6 Å². The van der Waals surface area contributed by atoms with E-state index in [4.69, 9.17) is 9.47 Å². The van der Waals surface area contributed by atoms with Gasteiger partial charge in [0.15, 0.2) is 0 Å². The van der Waals surface area contributed by atoms with Crippen LogP contribution in [0.3, 0.4) is 0 Å². The number of anilines is 1. The minimum Gasteiger partial charge on any atom is -0.497 e. The van der Waals surface area contributed by atoms with Gasteiger partial charge in [0.25, 0.3) is 0 Å². The molecule has 142 valence electrons. The van der Waals surface area contributed by atoms with Crippen LogP contribution >= 0.6 is 0 Å². The SMILES string of the molecule is COc1ccc2nc(/C(C#N)=C\c3ccc(N4CCOCC4)c(C)c3)[nH]c2c1. The Morgan fingerprint density at radius 2 is 2.07 bits per heavy atom. The highest BCUT2D eigenvalue weighted by atomic mass is 16.5. The van der Waals surface area contributed by atoms with Crippen LogP contribution in [-0.4, -0.2) is 43.4 Å². The topological polar surface area (TPSA) is 74.2 Å². The molecule has 1 aliphatic rings. The van der Waals surface area contributed by atoms with Crippen LogP contribution < -0.4 is 9.64 Å². The molecule has 0 radical (unpaired) electrons. The van der Waals surface area contributed by atoms with Crippen LogP contribution in [-0.2, 0) is 4.74 Å². The Balaban J connectivity index is 1.64. The standard InChI is InChI=1S/C22H22N4O2/c1-15-11-16(3-6-21(15)26-7-9-28-10-8-26)12-17(14-23)22-24-19-5-4-18(27-2)13-20(19)25-22/h3-6,11-13H,7-10H2,1-2H3,(H,24,25)/b17-12-. The number of aryl methyl sites for hydroxylation is 1. The summed E-state index contributed by atoms with van der Waals surface area (Å²) in [6.07, 6.45) is 1.87. The Morgan fingerprint density at radius 3 is 2.79 bits per heavy atom. The molecule has 0 bridgehead atoms. The number of H-pyrrole nitrogens is 1. The molecule has 4 rings (SSSR count). The van der Waals surface area contributed by atoms with E-state index < -0.39 is 0 Å². The minimum absolute atomic E-state index is 0.494. The van der Waals surface area contributed by atoms with Gasteiger partial charge < -0.3 is 19.4 Å². The molecule has 1 fully saturated rings. The first kappa shape index (κ1) is 18.1. The fourth-order valence-corrected chi connectivity index (χ4v) is 3.49. The molecule has 28 heavy (non-hydrogen) atoms. The smallest absolute Gasteiger partial charge is 0.149 e. The van der Waals surface area contributed by atoms with Crippen LogP contribution in [0.5, 0.6) is 5.75 Å². The molecular weight excluding hydrogens is 352 g/mol. The van der Waals surface area contributed by atoms with Gasteiger partial charge in [-0.2, -0.15) is 5.26 Å². The van der Waals surface area contributed by atoms with E-state index in [-0.39, 0.29) is 0 Å². The first-order valence-corrected chi connectivity index (χ1v) is 9.27. The molecule has 6 nitrogen and oxygen atoms in total. The van der Waals surface area contributed by atoms with Crippen molar-refractivity contribution in [3.8, 4) is 11.8 Å². The summed E-state index contributed by atoms with van der Waals surface area (Å²) in [5, 5.41) is 9.67. The summed E-state index contributed by atoms with van der Waals surface area (Å²) >= 11 is 0. The minimum atomic E-state index is 0.494. The second kappa shape index (κ2) is 7.75. The van der Waals surface area contributed by atoms with Gasteiger partial charge in [-0.3, -0.25) is 0 Å². The largest absolute Gasteiger partial charge is 0.497 e. The fourth-order valence-electron chi connectivity index (χ4n) is 3.49. The Morgan fingerprint density at radius 1 is 1.25 bits per heavy atom. The molecule has 2 aromatic carbocycles. The number of nitriles is 1. The van der Waals surface area contributed by atoms with E-state index in [2.05, 4.69) is 40.0 Å². The second-order valence-corrected chi connectivity index (χ2v) is 6.78. The van der Waals surface area contributed by atoms with Crippen molar-refractivity contribution in [2.24, 2.45) is 0 Å². The maximum atomic E-state index is 9.67. The quantitative estimate of drug-likeness (QED) is 0.704. The number of benzene rings is 2. The van der Waals surface area contributed by atoms with Crippen LogP contribution in [0.2, 0.25) is 0 Å². The van der Waals surface area contributed by atoms with Crippen molar-refractivity contribution < 1.29 is 9.47 Å². The normalized spacial score (nSPS) is 14.9. The number of methoxy groups -OCH3 is 1. The average molecular weight is 374 g/mol. The number of nitrogens with one attached hydrogen (secondary N) is 1. The van der Waals surface area contributed by atoms with E-state index >= 15 is 0 Å². The number of rotatable bonds is 4. The number of morpholine rings is 1. The monoisotopic (exact) mass is 374 g/mol. The summed E-state index contributed by atoms with van der Waals surface area (Å²) in [5.41, 5.74) is 5.51. The van der Waals surface area contributed by atoms with Gasteiger partial charge in [-0.1, -0.05) is 6.07 Å². The third kappa shape index (κ3) is 3.57. The van der Waals surface area contributed by atoms with Crippen molar-refractivity contribution in [1.29, 1.82) is 5.26 Å². The molecule has 0 saturated carbocycles. The Kier molecular flexibility index (Phi) is 5.00. The van der Waals surface area contributed by atoms with Gasteiger partial charge in [-0.05, 0) is 48.4 Å². The maximum absolute atomic E-state index is 9.67. The molecule has 6 heteroatoms. The number of aromatic amines is 1. The maximum Gasteiger partial charge on any atom is 0.149 e. The number of imidazole rings is 1. The molecule has 2 heterocycles. The number of fused-ring (bicyclic) bond motifs is 1. The zero-order valence-electron chi connectivity index (χ0n) is 16.0. The lowest BCUT2D eigenvalue weighted by atomic mass is 10.1. The highest BCUT2D eigenvalue weighted by Gasteiger charge is 2.14. The summed E-state index contributed by atoms with van der Waals surface area (Å²) in [5.74, 6) is 1.31. The summed E-state index contributed by atoms with van der Waals surface area (Å²) in [4.78, 5) is 10.1. The number of ether oxygens (including phenoxy) is 2. The molecule has 0 amide bonds. The zero-order chi connectivity index (χ0) is 19.5. The third-order valence-corrected chi connectivity index (χ3v) is 4.95. The molecule has 0 aliphatic carbocycles. The van der Waals surface area contributed by atoms with Crippen molar-refractivity contribution in [1.82, 2.24) is 9.97 Å². The molecule has 1 aromatic heterocycles. The van der Waals surface area contributed by atoms with Crippen LogP contribution in [0.25, 0.3) is 22.7 Å². The predicted molar refractivity (Wildman–Crippen MR) is 110 cm³/mol. The summed E-state index contributed by atoms with van der Waals surface area (Å²) in [6.45, 7) is 5.43. The molecule has 1 N–H and O–H groups in total. The van der Waals surface area contributed by atoms with Crippen LogP contribution in [0.15, 0.2) is 36.4 Å². The van der Waals surface area contributed by atoms with Crippen molar-refractivity contribution >= 4 is 28.4 Å². The van der Waals surface area contributed by atoms with E-state index in [1.165, 1.54) is 11.3 Å². The molecule has 1 saturated heterocycles. The van der Waals surface area contributed by atoms with Crippen molar-refractivity contribution in [3.63, 3.8) is 0 Å². The van der Waals surface area contributed by atoms with Gasteiger partial charge >= 0.3 is 0 Å². The van der Waals surface area contributed by atoms with E-state index in [9.17, 15) is 5.26 Å². The molecule has 3 aromatic rings. The number of aromatic nitrogens is 2. The highest BCUT2D eigenvalue weighted by molar-refractivity contribution is 5.90. The van der Waals surface area contributed by atoms with Crippen LogP contribution in [0.1, 0.15) is 17.0 Å². The fraction of sp³-hybridized carbons (Fsp3) is 0.273. The molecule has 1 aliphatic heterocycles.